The first-order valence-electron chi connectivity index (χ1n) is 9.31. The molecule has 31 heavy (non-hydrogen) atoms. The summed E-state index contributed by atoms with van der Waals surface area (Å²) in [6.45, 7) is -0.437. The molecule has 4 aromatic rings. The van der Waals surface area contributed by atoms with Crippen LogP contribution < -0.4 is 10.1 Å². The van der Waals surface area contributed by atoms with Crippen LogP contribution >= 0.6 is 0 Å². The highest BCUT2D eigenvalue weighted by molar-refractivity contribution is 5.96. The fourth-order valence-corrected chi connectivity index (χ4v) is 2.70. The maximum Gasteiger partial charge on any atom is 0.338 e. The van der Waals surface area contributed by atoms with Crippen LogP contribution in [-0.4, -0.2) is 38.7 Å². The highest BCUT2D eigenvalue weighted by Gasteiger charge is 2.13. The van der Waals surface area contributed by atoms with Gasteiger partial charge in [0.1, 0.15) is 12.1 Å². The lowest BCUT2D eigenvalue weighted by molar-refractivity contribution is -0.119. The number of aromatic nitrogens is 4. The van der Waals surface area contributed by atoms with Gasteiger partial charge in [0.15, 0.2) is 12.4 Å². The first kappa shape index (κ1) is 19.8. The summed E-state index contributed by atoms with van der Waals surface area (Å²) < 4.78 is 12.4. The fourth-order valence-electron chi connectivity index (χ4n) is 2.70. The van der Waals surface area contributed by atoms with Gasteiger partial charge in [-0.25, -0.2) is 9.48 Å². The van der Waals surface area contributed by atoms with Crippen LogP contribution in [0.2, 0.25) is 0 Å². The van der Waals surface area contributed by atoms with Crippen LogP contribution in [0.1, 0.15) is 10.4 Å². The molecule has 1 heterocycles. The Kier molecular flexibility index (Phi) is 5.94. The van der Waals surface area contributed by atoms with E-state index in [9.17, 15) is 9.59 Å². The SMILES string of the molecule is O=C(COC(=O)c1ccc(-n2cnnn2)cc1)Nc1ccccc1Oc1ccccc1. The molecule has 154 valence electrons. The van der Waals surface area contributed by atoms with Crippen LogP contribution in [0.3, 0.4) is 0 Å². The Balaban J connectivity index is 1.34. The molecular weight excluding hydrogens is 398 g/mol. The van der Waals surface area contributed by atoms with Crippen molar-refractivity contribution in [3.63, 3.8) is 0 Å². The topological polar surface area (TPSA) is 108 Å². The highest BCUT2D eigenvalue weighted by atomic mass is 16.5. The van der Waals surface area contributed by atoms with Gasteiger partial charge in [-0.3, -0.25) is 4.79 Å². The van der Waals surface area contributed by atoms with Crippen molar-refractivity contribution in [2.24, 2.45) is 0 Å². The molecular formula is C22H17N5O4. The molecule has 0 aliphatic rings. The minimum atomic E-state index is -0.618. The molecule has 0 radical (unpaired) electrons. The number of anilines is 1. The summed E-state index contributed by atoms with van der Waals surface area (Å²) >= 11 is 0. The van der Waals surface area contributed by atoms with Crippen molar-refractivity contribution in [1.82, 2.24) is 20.2 Å². The average Bonchev–Trinajstić information content (AvgIpc) is 3.35. The van der Waals surface area contributed by atoms with Crippen molar-refractivity contribution in [2.75, 3.05) is 11.9 Å². The van der Waals surface area contributed by atoms with Gasteiger partial charge in [-0.05, 0) is 59.0 Å². The minimum absolute atomic E-state index is 0.303. The predicted molar refractivity (Wildman–Crippen MR) is 111 cm³/mol. The van der Waals surface area contributed by atoms with E-state index in [0.29, 0.717) is 28.4 Å². The Hall–Kier alpha value is -4.53. The average molecular weight is 415 g/mol. The van der Waals surface area contributed by atoms with E-state index in [2.05, 4.69) is 20.8 Å². The number of tetrazole rings is 1. The Morgan fingerprint density at radius 1 is 0.903 bits per heavy atom. The molecule has 1 aromatic heterocycles. The Morgan fingerprint density at radius 2 is 1.65 bits per heavy atom. The van der Waals surface area contributed by atoms with Crippen molar-refractivity contribution < 1.29 is 19.1 Å². The van der Waals surface area contributed by atoms with E-state index in [4.69, 9.17) is 9.47 Å². The van der Waals surface area contributed by atoms with Gasteiger partial charge in [0.25, 0.3) is 5.91 Å². The fraction of sp³-hybridized carbons (Fsp3) is 0.0455. The third-order valence-corrected chi connectivity index (χ3v) is 4.18. The van der Waals surface area contributed by atoms with Gasteiger partial charge in [-0.2, -0.15) is 0 Å². The predicted octanol–water partition coefficient (Wildman–Crippen LogP) is 3.25. The number of ether oxygens (including phenoxy) is 2. The number of carbonyl (C=O) groups is 2. The van der Waals surface area contributed by atoms with E-state index in [1.165, 1.54) is 11.0 Å². The zero-order chi connectivity index (χ0) is 21.5. The van der Waals surface area contributed by atoms with Crippen LogP contribution in [0, 0.1) is 0 Å². The number of nitrogens with one attached hydrogen (secondary N) is 1. The number of amides is 1. The van der Waals surface area contributed by atoms with Gasteiger partial charge < -0.3 is 14.8 Å². The van der Waals surface area contributed by atoms with Crippen molar-refractivity contribution in [3.8, 4) is 17.2 Å². The van der Waals surface area contributed by atoms with Crippen LogP contribution in [0.15, 0.2) is 85.2 Å². The number of hydrogen-bond acceptors (Lipinski definition) is 7. The zero-order valence-corrected chi connectivity index (χ0v) is 16.2. The van der Waals surface area contributed by atoms with Crippen molar-refractivity contribution in [3.05, 3.63) is 90.8 Å². The summed E-state index contributed by atoms with van der Waals surface area (Å²) in [7, 11) is 0. The van der Waals surface area contributed by atoms with E-state index in [0.717, 1.165) is 0 Å². The van der Waals surface area contributed by atoms with Crippen LogP contribution in [0.4, 0.5) is 5.69 Å². The van der Waals surface area contributed by atoms with Gasteiger partial charge in [0.05, 0.1) is 16.9 Å². The van der Waals surface area contributed by atoms with Crippen molar-refractivity contribution >= 4 is 17.6 Å². The second-order valence-corrected chi connectivity index (χ2v) is 6.34. The lowest BCUT2D eigenvalue weighted by Gasteiger charge is -2.12. The van der Waals surface area contributed by atoms with E-state index < -0.39 is 18.5 Å². The lowest BCUT2D eigenvalue weighted by Crippen LogP contribution is -2.21. The molecule has 1 amide bonds. The molecule has 3 aromatic carbocycles. The summed E-state index contributed by atoms with van der Waals surface area (Å²) in [5.41, 5.74) is 1.46. The second kappa shape index (κ2) is 9.31. The molecule has 0 bridgehead atoms. The molecule has 0 atom stereocenters. The van der Waals surface area contributed by atoms with Gasteiger partial charge in [0.2, 0.25) is 0 Å². The number of benzene rings is 3. The van der Waals surface area contributed by atoms with E-state index >= 15 is 0 Å². The smallest absolute Gasteiger partial charge is 0.338 e. The summed E-state index contributed by atoms with van der Waals surface area (Å²) in [6.07, 6.45) is 1.44. The van der Waals surface area contributed by atoms with Gasteiger partial charge in [0, 0.05) is 0 Å². The van der Waals surface area contributed by atoms with Gasteiger partial charge in [-0.1, -0.05) is 30.3 Å². The first-order valence-corrected chi connectivity index (χ1v) is 9.31. The maximum absolute atomic E-state index is 12.3. The number of para-hydroxylation sites is 3. The molecule has 0 unspecified atom stereocenters. The molecule has 1 N–H and O–H groups in total. The van der Waals surface area contributed by atoms with E-state index in [-0.39, 0.29) is 0 Å². The quantitative estimate of drug-likeness (QED) is 0.462. The van der Waals surface area contributed by atoms with Crippen LogP contribution in [0.25, 0.3) is 5.69 Å². The van der Waals surface area contributed by atoms with Crippen molar-refractivity contribution in [2.45, 2.75) is 0 Å². The highest BCUT2D eigenvalue weighted by Crippen LogP contribution is 2.29. The second-order valence-electron chi connectivity index (χ2n) is 6.34. The Labute approximate surface area is 177 Å². The largest absolute Gasteiger partial charge is 0.455 e. The van der Waals surface area contributed by atoms with Gasteiger partial charge in [-0.15, -0.1) is 5.10 Å². The molecule has 9 heteroatoms. The van der Waals surface area contributed by atoms with Crippen LogP contribution in [-0.2, 0) is 9.53 Å². The summed E-state index contributed by atoms with van der Waals surface area (Å²) in [5, 5.41) is 13.6. The van der Waals surface area contributed by atoms with E-state index in [1.54, 1.807) is 48.5 Å². The monoisotopic (exact) mass is 415 g/mol. The summed E-state index contributed by atoms with van der Waals surface area (Å²) in [5.74, 6) is 0.0160. The Morgan fingerprint density at radius 3 is 2.39 bits per heavy atom. The summed E-state index contributed by atoms with van der Waals surface area (Å²) in [6, 6.07) is 22.7. The number of esters is 1. The van der Waals surface area contributed by atoms with Crippen molar-refractivity contribution in [1.29, 1.82) is 0 Å². The number of carbonyl (C=O) groups excluding carboxylic acids is 2. The van der Waals surface area contributed by atoms with Gasteiger partial charge >= 0.3 is 5.97 Å². The molecule has 0 aliphatic carbocycles. The molecule has 0 aliphatic heterocycles. The normalized spacial score (nSPS) is 10.3. The third kappa shape index (κ3) is 5.10. The first-order chi connectivity index (χ1) is 15.2. The molecule has 0 saturated carbocycles. The maximum atomic E-state index is 12.3. The lowest BCUT2D eigenvalue weighted by atomic mass is 10.2. The molecule has 4 rings (SSSR count). The molecule has 0 fully saturated rings. The standard InChI is InChI=1S/C22H17N5O4/c28-21(24-19-8-4-5-9-20(19)31-18-6-2-1-3-7-18)14-30-22(29)16-10-12-17(13-11-16)27-15-23-25-26-27/h1-13,15H,14H2,(H,24,28). The minimum Gasteiger partial charge on any atom is -0.455 e. The number of rotatable bonds is 7. The Bertz CT molecular complexity index is 1160. The molecule has 9 nitrogen and oxygen atoms in total. The third-order valence-electron chi connectivity index (χ3n) is 4.18. The zero-order valence-electron chi connectivity index (χ0n) is 16.2. The summed E-state index contributed by atoms with van der Waals surface area (Å²) in [4.78, 5) is 24.5. The number of nitrogens with zero attached hydrogens (tertiary/aromatic N) is 4. The molecule has 0 spiro atoms. The molecule has 0 saturated heterocycles. The van der Waals surface area contributed by atoms with Crippen LogP contribution in [0.5, 0.6) is 11.5 Å². The number of hydrogen-bond donors (Lipinski definition) is 1. The van der Waals surface area contributed by atoms with E-state index in [1.807, 2.05) is 30.3 Å².